The largest absolute Gasteiger partial charge is 0.465 e. The minimum atomic E-state index is -0.476. The monoisotopic (exact) mass is 274 g/mol. The summed E-state index contributed by atoms with van der Waals surface area (Å²) in [5.74, 6) is -0.561. The number of rotatable bonds is 5. The van der Waals surface area contributed by atoms with E-state index in [0.717, 1.165) is 5.52 Å². The third kappa shape index (κ3) is 3.68. The average Bonchev–Trinajstić information content (AvgIpc) is 2.86. The Labute approximate surface area is 115 Å². The van der Waals surface area contributed by atoms with Crippen molar-refractivity contribution < 1.29 is 18.7 Å². The number of oxazole rings is 1. The van der Waals surface area contributed by atoms with Crippen LogP contribution >= 0.6 is 0 Å². The summed E-state index contributed by atoms with van der Waals surface area (Å²) >= 11 is 0. The first kappa shape index (κ1) is 13.8. The Bertz CT molecular complexity index is 612. The lowest BCUT2D eigenvalue weighted by molar-refractivity contribution is -0.143. The second-order valence-electron chi connectivity index (χ2n) is 3.88. The first-order valence-electron chi connectivity index (χ1n) is 6.16. The maximum absolute atomic E-state index is 11.5. The van der Waals surface area contributed by atoms with Crippen LogP contribution in [-0.2, 0) is 14.3 Å². The van der Waals surface area contributed by atoms with E-state index in [1.54, 1.807) is 13.0 Å². The van der Waals surface area contributed by atoms with Crippen molar-refractivity contribution in [3.8, 4) is 0 Å². The zero-order chi connectivity index (χ0) is 14.4. The number of nitrogens with one attached hydrogen (secondary N) is 1. The van der Waals surface area contributed by atoms with Crippen molar-refractivity contribution in [3.05, 3.63) is 36.2 Å². The van der Waals surface area contributed by atoms with Crippen LogP contribution in [0.3, 0.4) is 0 Å². The zero-order valence-corrected chi connectivity index (χ0v) is 11.0. The van der Waals surface area contributed by atoms with Crippen molar-refractivity contribution >= 4 is 29.1 Å². The number of aromatic nitrogens is 1. The smallest absolute Gasteiger partial charge is 0.325 e. The number of nitrogens with zero attached hydrogens (tertiary/aromatic N) is 1. The number of carbonyl (C=O) groups is 2. The van der Waals surface area contributed by atoms with E-state index < -0.39 is 11.9 Å². The third-order valence-corrected chi connectivity index (χ3v) is 2.40. The van der Waals surface area contributed by atoms with Gasteiger partial charge in [-0.3, -0.25) is 9.59 Å². The third-order valence-electron chi connectivity index (χ3n) is 2.40. The Kier molecular flexibility index (Phi) is 4.49. The molecular weight excluding hydrogens is 260 g/mol. The van der Waals surface area contributed by atoms with Gasteiger partial charge >= 0.3 is 5.97 Å². The van der Waals surface area contributed by atoms with Crippen LogP contribution in [0.5, 0.6) is 0 Å². The van der Waals surface area contributed by atoms with Gasteiger partial charge in [-0.25, -0.2) is 4.98 Å². The summed E-state index contributed by atoms with van der Waals surface area (Å²) in [7, 11) is 0. The molecule has 1 amide bonds. The minimum absolute atomic E-state index is 0.162. The molecule has 104 valence electrons. The molecule has 0 aliphatic heterocycles. The number of para-hydroxylation sites is 2. The molecule has 1 heterocycles. The predicted octanol–water partition coefficient (Wildman–Crippen LogP) is 1.52. The van der Waals surface area contributed by atoms with Crippen LogP contribution in [0.4, 0.5) is 0 Å². The van der Waals surface area contributed by atoms with Gasteiger partial charge in [0.25, 0.3) is 0 Å². The molecule has 2 aromatic rings. The second kappa shape index (κ2) is 6.51. The Morgan fingerprint density at radius 2 is 2.20 bits per heavy atom. The van der Waals surface area contributed by atoms with E-state index in [1.165, 1.54) is 12.2 Å². The summed E-state index contributed by atoms with van der Waals surface area (Å²) in [6, 6.07) is 7.30. The first-order valence-corrected chi connectivity index (χ1v) is 6.16. The summed E-state index contributed by atoms with van der Waals surface area (Å²) in [5, 5.41) is 2.40. The summed E-state index contributed by atoms with van der Waals surface area (Å²) in [4.78, 5) is 26.7. The molecule has 0 aliphatic rings. The molecule has 20 heavy (non-hydrogen) atoms. The summed E-state index contributed by atoms with van der Waals surface area (Å²) in [6.07, 6.45) is 2.70. The molecule has 0 unspecified atom stereocenters. The van der Waals surface area contributed by atoms with Crippen LogP contribution in [0.2, 0.25) is 0 Å². The van der Waals surface area contributed by atoms with Crippen molar-refractivity contribution in [3.63, 3.8) is 0 Å². The maximum atomic E-state index is 11.5. The average molecular weight is 274 g/mol. The van der Waals surface area contributed by atoms with Gasteiger partial charge in [-0.2, -0.15) is 0 Å². The van der Waals surface area contributed by atoms with Crippen LogP contribution in [-0.4, -0.2) is 30.0 Å². The molecule has 1 N–H and O–H groups in total. The lowest BCUT2D eigenvalue weighted by Crippen LogP contribution is -2.29. The highest BCUT2D eigenvalue weighted by Crippen LogP contribution is 2.15. The molecule has 1 aromatic carbocycles. The maximum Gasteiger partial charge on any atom is 0.325 e. The van der Waals surface area contributed by atoms with E-state index in [1.807, 2.05) is 18.2 Å². The number of hydrogen-bond donors (Lipinski definition) is 1. The minimum Gasteiger partial charge on any atom is -0.465 e. The van der Waals surface area contributed by atoms with E-state index in [4.69, 9.17) is 4.42 Å². The highest BCUT2D eigenvalue weighted by molar-refractivity contribution is 5.93. The van der Waals surface area contributed by atoms with Gasteiger partial charge in [-0.15, -0.1) is 0 Å². The predicted molar refractivity (Wildman–Crippen MR) is 72.7 cm³/mol. The summed E-state index contributed by atoms with van der Waals surface area (Å²) < 4.78 is 10.1. The van der Waals surface area contributed by atoms with Gasteiger partial charge in [0.1, 0.15) is 12.1 Å². The number of hydrogen-bond acceptors (Lipinski definition) is 5. The first-order chi connectivity index (χ1) is 9.69. The fourth-order valence-corrected chi connectivity index (χ4v) is 1.54. The van der Waals surface area contributed by atoms with Crippen LogP contribution in [0.25, 0.3) is 17.2 Å². The highest BCUT2D eigenvalue weighted by Gasteiger charge is 2.04. The SMILES string of the molecule is CCOC(=O)CNC(=O)/C=C/c1nc2ccccc2o1. The van der Waals surface area contributed by atoms with E-state index >= 15 is 0 Å². The van der Waals surface area contributed by atoms with Crippen molar-refractivity contribution in [1.82, 2.24) is 10.3 Å². The number of ether oxygens (including phenoxy) is 1. The zero-order valence-electron chi connectivity index (χ0n) is 11.0. The number of fused-ring (bicyclic) bond motifs is 1. The lowest BCUT2D eigenvalue weighted by Gasteiger charge is -2.01. The van der Waals surface area contributed by atoms with Gasteiger partial charge in [-0.1, -0.05) is 12.1 Å². The topological polar surface area (TPSA) is 81.4 Å². The van der Waals surface area contributed by atoms with E-state index in [0.29, 0.717) is 11.5 Å². The van der Waals surface area contributed by atoms with Gasteiger partial charge in [0.15, 0.2) is 5.58 Å². The van der Waals surface area contributed by atoms with E-state index in [-0.39, 0.29) is 13.2 Å². The summed E-state index contributed by atoms with van der Waals surface area (Å²) in [5.41, 5.74) is 1.37. The molecule has 0 fully saturated rings. The van der Waals surface area contributed by atoms with Gasteiger partial charge in [0, 0.05) is 12.2 Å². The Hall–Kier alpha value is -2.63. The van der Waals surface area contributed by atoms with Crippen LogP contribution in [0.1, 0.15) is 12.8 Å². The van der Waals surface area contributed by atoms with Crippen molar-refractivity contribution in [2.45, 2.75) is 6.92 Å². The molecule has 2 rings (SSSR count). The molecule has 6 heteroatoms. The standard InChI is InChI=1S/C14H14N2O4/c1-2-19-14(18)9-15-12(17)7-8-13-16-10-5-3-4-6-11(10)20-13/h3-8H,2,9H2,1H3,(H,15,17)/b8-7+. The molecule has 0 atom stereocenters. The molecule has 0 saturated carbocycles. The van der Waals surface area contributed by atoms with Gasteiger partial charge in [0.05, 0.1) is 6.61 Å². The lowest BCUT2D eigenvalue weighted by atomic mass is 10.3. The molecule has 0 bridgehead atoms. The van der Waals surface area contributed by atoms with Crippen molar-refractivity contribution in [2.24, 2.45) is 0 Å². The van der Waals surface area contributed by atoms with E-state index in [2.05, 4.69) is 15.0 Å². The fourth-order valence-electron chi connectivity index (χ4n) is 1.54. The van der Waals surface area contributed by atoms with Gasteiger partial charge in [-0.05, 0) is 19.1 Å². The second-order valence-corrected chi connectivity index (χ2v) is 3.88. The molecule has 6 nitrogen and oxygen atoms in total. The molecule has 1 aromatic heterocycles. The number of carbonyl (C=O) groups excluding carboxylic acids is 2. The summed E-state index contributed by atoms with van der Waals surface area (Å²) in [6.45, 7) is 1.82. The van der Waals surface area contributed by atoms with Gasteiger partial charge in [0.2, 0.25) is 11.8 Å². The Balaban J connectivity index is 1.91. The van der Waals surface area contributed by atoms with Crippen LogP contribution in [0, 0.1) is 0 Å². The van der Waals surface area contributed by atoms with Crippen LogP contribution < -0.4 is 5.32 Å². The Morgan fingerprint density at radius 3 is 2.95 bits per heavy atom. The molecule has 0 radical (unpaired) electrons. The number of esters is 1. The molecule has 0 spiro atoms. The van der Waals surface area contributed by atoms with E-state index in [9.17, 15) is 9.59 Å². The number of benzene rings is 1. The Morgan fingerprint density at radius 1 is 1.40 bits per heavy atom. The molecular formula is C14H14N2O4. The quantitative estimate of drug-likeness (QED) is 0.660. The highest BCUT2D eigenvalue weighted by atomic mass is 16.5. The normalized spacial score (nSPS) is 10.8. The fraction of sp³-hybridized carbons (Fsp3) is 0.214. The van der Waals surface area contributed by atoms with Gasteiger partial charge < -0.3 is 14.5 Å². The van der Waals surface area contributed by atoms with Crippen molar-refractivity contribution in [1.29, 1.82) is 0 Å². The van der Waals surface area contributed by atoms with Crippen molar-refractivity contribution in [2.75, 3.05) is 13.2 Å². The number of amides is 1. The molecule has 0 saturated heterocycles. The molecule has 0 aliphatic carbocycles. The van der Waals surface area contributed by atoms with Crippen LogP contribution in [0.15, 0.2) is 34.8 Å².